The zero-order valence-corrected chi connectivity index (χ0v) is 45.1. The SMILES string of the molecule is c1ccc(-c2ccc(N(c3ccc(-c4ccccc4)cc3)c3ccc(-c4cc(-c5ccc(-n6c7ccc(-c8ccccc8)cc7c7cc(-c8ccccc8)ccc76)cc5)cc5c4cc(-c4ccccc4)c4ccccc45)cc3)cc2)cc1. The lowest BCUT2D eigenvalue weighted by molar-refractivity contribution is 1.18. The van der Waals surface area contributed by atoms with Crippen molar-refractivity contribution in [2.24, 2.45) is 0 Å². The lowest BCUT2D eigenvalue weighted by Gasteiger charge is -2.26. The summed E-state index contributed by atoms with van der Waals surface area (Å²) >= 11 is 0. The fraction of sp³-hybridized carbons (Fsp3) is 0. The van der Waals surface area contributed by atoms with E-state index < -0.39 is 0 Å². The summed E-state index contributed by atoms with van der Waals surface area (Å²) in [5.74, 6) is 0. The number of nitrogens with zero attached hydrogens (tertiary/aromatic N) is 2. The minimum absolute atomic E-state index is 1.08. The summed E-state index contributed by atoms with van der Waals surface area (Å²) in [6.45, 7) is 0. The molecule has 14 aromatic carbocycles. The van der Waals surface area contributed by atoms with Gasteiger partial charge in [-0.2, -0.15) is 0 Å². The summed E-state index contributed by atoms with van der Waals surface area (Å²) in [6, 6.07) is 120. The van der Waals surface area contributed by atoms with Crippen LogP contribution in [0.5, 0.6) is 0 Å². The van der Waals surface area contributed by atoms with E-state index in [1.54, 1.807) is 0 Å². The standard InChI is InChI=1S/C80H54N2/c1-6-18-55(19-7-1)59-30-40-67(41-31-59)81(68-42-32-60(33-43-68)56-20-8-2-9-21-56)69-46-36-63(37-47-69)73-52-66(53-75-72-29-17-16-28-71(72)74(54-76(73)75)62-26-14-5-15-27-62)61-34-44-70(45-35-61)82-79-48-38-64(57-22-10-3-11-23-57)50-77(79)78-51-65(39-49-80(78)82)58-24-12-4-13-25-58/h1-54H. The van der Waals surface area contributed by atoms with Crippen LogP contribution in [-0.2, 0) is 0 Å². The number of benzene rings is 14. The molecule has 0 aliphatic heterocycles. The third kappa shape index (κ3) is 8.90. The van der Waals surface area contributed by atoms with E-state index >= 15 is 0 Å². The quantitative estimate of drug-likeness (QED) is 0.117. The topological polar surface area (TPSA) is 8.17 Å². The largest absolute Gasteiger partial charge is 0.311 e. The normalized spacial score (nSPS) is 11.4. The first kappa shape index (κ1) is 48.3. The van der Waals surface area contributed by atoms with Crippen molar-refractivity contribution in [3.63, 3.8) is 0 Å². The molecule has 1 aromatic heterocycles. The van der Waals surface area contributed by atoms with E-state index in [4.69, 9.17) is 0 Å². The van der Waals surface area contributed by atoms with Gasteiger partial charge in [0, 0.05) is 33.5 Å². The van der Waals surface area contributed by atoms with E-state index in [9.17, 15) is 0 Å². The highest BCUT2D eigenvalue weighted by molar-refractivity contribution is 6.18. The molecule has 15 aromatic rings. The average Bonchev–Trinajstić information content (AvgIpc) is 3.53. The number of anilines is 3. The highest BCUT2D eigenvalue weighted by atomic mass is 15.1. The molecule has 2 nitrogen and oxygen atoms in total. The van der Waals surface area contributed by atoms with Crippen LogP contribution < -0.4 is 4.90 Å². The molecule has 0 radical (unpaired) electrons. The lowest BCUT2D eigenvalue weighted by atomic mass is 9.87. The number of hydrogen-bond acceptors (Lipinski definition) is 1. The molecule has 2 heteroatoms. The van der Waals surface area contributed by atoms with Crippen LogP contribution in [0.2, 0.25) is 0 Å². The smallest absolute Gasteiger partial charge is 0.0541 e. The van der Waals surface area contributed by atoms with Crippen LogP contribution >= 0.6 is 0 Å². The number of hydrogen-bond donors (Lipinski definition) is 0. The van der Waals surface area contributed by atoms with Gasteiger partial charge in [-0.3, -0.25) is 0 Å². The molecule has 0 saturated carbocycles. The van der Waals surface area contributed by atoms with Crippen molar-refractivity contribution in [1.29, 1.82) is 0 Å². The van der Waals surface area contributed by atoms with Gasteiger partial charge in [0.25, 0.3) is 0 Å². The molecule has 82 heavy (non-hydrogen) atoms. The van der Waals surface area contributed by atoms with Gasteiger partial charge >= 0.3 is 0 Å². The minimum atomic E-state index is 1.08. The predicted octanol–water partition coefficient (Wildman–Crippen LogP) is 22.2. The van der Waals surface area contributed by atoms with Gasteiger partial charge in [-0.25, -0.2) is 0 Å². The van der Waals surface area contributed by atoms with Gasteiger partial charge in [-0.1, -0.05) is 237 Å². The van der Waals surface area contributed by atoms with Crippen molar-refractivity contribution < 1.29 is 0 Å². The predicted molar refractivity (Wildman–Crippen MR) is 349 cm³/mol. The monoisotopic (exact) mass is 1040 g/mol. The van der Waals surface area contributed by atoms with Crippen LogP contribution in [-0.4, -0.2) is 4.57 Å². The van der Waals surface area contributed by atoms with E-state index in [-0.39, 0.29) is 0 Å². The Balaban J connectivity index is 0.864. The van der Waals surface area contributed by atoms with Gasteiger partial charge in [-0.05, 0) is 190 Å². The van der Waals surface area contributed by atoms with Crippen molar-refractivity contribution in [3.05, 3.63) is 328 Å². The van der Waals surface area contributed by atoms with E-state index in [0.717, 1.165) is 39.4 Å². The number of rotatable bonds is 11. The summed E-state index contributed by atoms with van der Waals surface area (Å²) in [5.41, 5.74) is 23.4. The van der Waals surface area contributed by atoms with Crippen LogP contribution in [0, 0.1) is 0 Å². The maximum atomic E-state index is 2.43. The van der Waals surface area contributed by atoms with Crippen LogP contribution in [0.15, 0.2) is 328 Å². The molecule has 0 aliphatic carbocycles. The summed E-state index contributed by atoms with van der Waals surface area (Å²) in [7, 11) is 0. The second-order valence-electron chi connectivity index (χ2n) is 21.2. The molecule has 0 spiro atoms. The van der Waals surface area contributed by atoms with Gasteiger partial charge in [0.2, 0.25) is 0 Å². The zero-order valence-electron chi connectivity index (χ0n) is 45.1. The first-order chi connectivity index (χ1) is 40.6. The number of aromatic nitrogens is 1. The molecule has 0 N–H and O–H groups in total. The van der Waals surface area contributed by atoms with E-state index in [1.807, 2.05) is 0 Å². The molecule has 0 saturated heterocycles. The van der Waals surface area contributed by atoms with Gasteiger partial charge < -0.3 is 9.47 Å². The Labute approximate surface area is 478 Å². The Bertz CT molecular complexity index is 4580. The molecular weight excluding hydrogens is 989 g/mol. The maximum absolute atomic E-state index is 2.43. The van der Waals surface area contributed by atoms with Crippen molar-refractivity contribution in [3.8, 4) is 83.6 Å². The molecule has 0 aliphatic rings. The Morgan fingerprint density at radius 3 is 0.963 bits per heavy atom. The van der Waals surface area contributed by atoms with Crippen molar-refractivity contribution >= 4 is 60.4 Å². The maximum Gasteiger partial charge on any atom is 0.0541 e. The highest BCUT2D eigenvalue weighted by Crippen LogP contribution is 2.45. The molecule has 0 unspecified atom stereocenters. The van der Waals surface area contributed by atoms with E-state index in [1.165, 1.54) is 105 Å². The summed E-state index contributed by atoms with van der Waals surface area (Å²) in [4.78, 5) is 2.37. The number of fused-ring (bicyclic) bond motifs is 6. The second kappa shape index (κ2) is 20.8. The van der Waals surface area contributed by atoms with E-state index in [0.29, 0.717) is 0 Å². The molecule has 15 rings (SSSR count). The summed E-state index contributed by atoms with van der Waals surface area (Å²) < 4.78 is 2.43. The van der Waals surface area contributed by atoms with Crippen LogP contribution in [0.4, 0.5) is 17.1 Å². The Morgan fingerprint density at radius 2 is 0.500 bits per heavy atom. The highest BCUT2D eigenvalue weighted by Gasteiger charge is 2.20. The van der Waals surface area contributed by atoms with Crippen LogP contribution in [0.25, 0.3) is 127 Å². The summed E-state index contributed by atoms with van der Waals surface area (Å²) in [6.07, 6.45) is 0. The molecule has 384 valence electrons. The lowest BCUT2D eigenvalue weighted by Crippen LogP contribution is -2.09. The van der Waals surface area contributed by atoms with Crippen LogP contribution in [0.3, 0.4) is 0 Å². The first-order valence-corrected chi connectivity index (χ1v) is 28.2. The van der Waals surface area contributed by atoms with Crippen molar-refractivity contribution in [2.75, 3.05) is 4.90 Å². The zero-order chi connectivity index (χ0) is 54.3. The molecule has 0 bridgehead atoms. The minimum Gasteiger partial charge on any atom is -0.311 e. The van der Waals surface area contributed by atoms with E-state index in [2.05, 4.69) is 337 Å². The first-order valence-electron chi connectivity index (χ1n) is 28.2. The Kier molecular flexibility index (Phi) is 12.2. The molecule has 0 amide bonds. The Hall–Kier alpha value is -10.8. The van der Waals surface area contributed by atoms with Gasteiger partial charge in [0.15, 0.2) is 0 Å². The molecule has 0 fully saturated rings. The molecular formula is C80H54N2. The summed E-state index contributed by atoms with van der Waals surface area (Å²) in [5, 5.41) is 7.37. The molecule has 1 heterocycles. The Morgan fingerprint density at radius 1 is 0.183 bits per heavy atom. The third-order valence-electron chi connectivity index (χ3n) is 16.4. The fourth-order valence-electron chi connectivity index (χ4n) is 12.3. The van der Waals surface area contributed by atoms with Crippen LogP contribution in [0.1, 0.15) is 0 Å². The molecule has 0 atom stereocenters. The second-order valence-corrected chi connectivity index (χ2v) is 21.2. The average molecular weight is 1040 g/mol. The fourth-order valence-corrected chi connectivity index (χ4v) is 12.3. The van der Waals surface area contributed by atoms with Crippen molar-refractivity contribution in [1.82, 2.24) is 4.57 Å². The van der Waals surface area contributed by atoms with Gasteiger partial charge in [0.05, 0.1) is 11.0 Å². The third-order valence-corrected chi connectivity index (χ3v) is 16.4. The van der Waals surface area contributed by atoms with Crippen molar-refractivity contribution in [2.45, 2.75) is 0 Å². The van der Waals surface area contributed by atoms with Gasteiger partial charge in [0.1, 0.15) is 0 Å². The van der Waals surface area contributed by atoms with Gasteiger partial charge in [-0.15, -0.1) is 0 Å².